The number of rotatable bonds is 4. The molecule has 0 aliphatic heterocycles. The van der Waals surface area contributed by atoms with E-state index in [9.17, 15) is 0 Å². The zero-order chi connectivity index (χ0) is 14.8. The average Bonchev–Trinajstić information content (AvgIpc) is 2.40. The summed E-state index contributed by atoms with van der Waals surface area (Å²) in [5, 5.41) is 7.16. The first-order chi connectivity index (χ1) is 9.58. The van der Waals surface area contributed by atoms with Gasteiger partial charge in [0.1, 0.15) is 0 Å². The van der Waals surface area contributed by atoms with E-state index in [1.54, 1.807) is 0 Å². The Bertz CT molecular complexity index is 191. The van der Waals surface area contributed by atoms with Crippen molar-refractivity contribution in [3.8, 4) is 0 Å². The number of hydrogen-bond acceptors (Lipinski definition) is 2. The molecule has 0 saturated heterocycles. The van der Waals surface area contributed by atoms with Crippen LogP contribution in [0.2, 0.25) is 0 Å². The van der Waals surface area contributed by atoms with E-state index in [-0.39, 0.29) is 0 Å². The average molecular weight is 283 g/mol. The number of nitrogens with one attached hydrogen (secondary N) is 2. The summed E-state index contributed by atoms with van der Waals surface area (Å²) in [6.07, 6.45) is 14.6. The van der Waals surface area contributed by atoms with Crippen LogP contribution in [0.5, 0.6) is 0 Å². The van der Waals surface area contributed by atoms with Crippen molar-refractivity contribution < 1.29 is 0 Å². The fourth-order valence-corrected chi connectivity index (χ4v) is 3.54. The van der Waals surface area contributed by atoms with Gasteiger partial charge in [0.25, 0.3) is 0 Å². The Morgan fingerprint density at radius 3 is 1.20 bits per heavy atom. The van der Waals surface area contributed by atoms with Gasteiger partial charge in [-0.05, 0) is 25.7 Å². The minimum atomic E-state index is 0.625. The van der Waals surface area contributed by atoms with Gasteiger partial charge in [-0.1, -0.05) is 66.2 Å². The summed E-state index contributed by atoms with van der Waals surface area (Å²) in [5.41, 5.74) is 0. The molecule has 2 aliphatic rings. The fourth-order valence-electron chi connectivity index (χ4n) is 3.54. The molecule has 0 atom stereocenters. The maximum atomic E-state index is 3.86. The first-order valence-electron chi connectivity index (χ1n) is 9.10. The highest BCUT2D eigenvalue weighted by Gasteiger charge is 2.19. The third kappa shape index (κ3) is 8.97. The van der Waals surface area contributed by atoms with Crippen LogP contribution in [0, 0.1) is 0 Å². The lowest BCUT2D eigenvalue weighted by atomic mass is 9.91. The largest absolute Gasteiger partial charge is 0.312 e. The van der Waals surface area contributed by atoms with Gasteiger partial charge in [-0.15, -0.1) is 0 Å². The second-order valence-corrected chi connectivity index (χ2v) is 7.31. The fraction of sp³-hybridized carbons (Fsp3) is 1.00. The molecular weight excluding hydrogens is 244 g/mol. The van der Waals surface area contributed by atoms with E-state index in [4.69, 9.17) is 0 Å². The van der Waals surface area contributed by atoms with Crippen molar-refractivity contribution in [1.82, 2.24) is 10.6 Å². The van der Waals surface area contributed by atoms with E-state index in [1.807, 2.05) is 0 Å². The molecule has 0 bridgehead atoms. The van der Waals surface area contributed by atoms with E-state index in [0.717, 1.165) is 12.1 Å². The molecule has 0 spiro atoms. The predicted octanol–water partition coefficient (Wildman–Crippen LogP) is 4.63. The lowest BCUT2D eigenvalue weighted by Crippen LogP contribution is -2.40. The highest BCUT2D eigenvalue weighted by molar-refractivity contribution is 4.79. The van der Waals surface area contributed by atoms with Gasteiger partial charge in [-0.25, -0.2) is 0 Å². The topological polar surface area (TPSA) is 24.1 Å². The first kappa shape index (κ1) is 18.0. The number of hydrogen-bond donors (Lipinski definition) is 2. The van der Waals surface area contributed by atoms with E-state index in [2.05, 4.69) is 38.3 Å². The Hall–Kier alpha value is -0.0800. The summed E-state index contributed by atoms with van der Waals surface area (Å²) >= 11 is 0. The Balaban J connectivity index is 0.000000246. The second kappa shape index (κ2) is 10.6. The van der Waals surface area contributed by atoms with E-state index >= 15 is 0 Å². The van der Waals surface area contributed by atoms with Gasteiger partial charge >= 0.3 is 0 Å². The van der Waals surface area contributed by atoms with Crippen LogP contribution in [0.4, 0.5) is 0 Å². The smallest absolute Gasteiger partial charge is 0.00696 e. The summed E-state index contributed by atoms with van der Waals surface area (Å²) in [5.74, 6) is 0. The van der Waals surface area contributed by atoms with Crippen LogP contribution in [0.3, 0.4) is 0 Å². The summed E-state index contributed by atoms with van der Waals surface area (Å²) < 4.78 is 0. The quantitative estimate of drug-likeness (QED) is 0.785. The molecule has 0 aromatic heterocycles. The van der Waals surface area contributed by atoms with Crippen LogP contribution in [0.15, 0.2) is 0 Å². The third-order valence-electron chi connectivity index (χ3n) is 4.35. The maximum absolute atomic E-state index is 3.86. The summed E-state index contributed by atoms with van der Waals surface area (Å²) in [7, 11) is 0. The summed E-state index contributed by atoms with van der Waals surface area (Å²) in [4.78, 5) is 0. The van der Waals surface area contributed by atoms with Crippen LogP contribution in [-0.4, -0.2) is 24.2 Å². The Morgan fingerprint density at radius 2 is 0.950 bits per heavy atom. The molecule has 120 valence electrons. The van der Waals surface area contributed by atoms with Gasteiger partial charge < -0.3 is 10.6 Å². The lowest BCUT2D eigenvalue weighted by molar-refractivity contribution is 0.291. The molecule has 0 amide bonds. The molecule has 2 nitrogen and oxygen atoms in total. The van der Waals surface area contributed by atoms with Gasteiger partial charge in [0, 0.05) is 24.2 Å². The first-order valence-corrected chi connectivity index (χ1v) is 9.10. The molecule has 2 aliphatic carbocycles. The lowest BCUT2D eigenvalue weighted by Gasteiger charge is -2.30. The van der Waals surface area contributed by atoms with Crippen molar-refractivity contribution in [3.05, 3.63) is 0 Å². The minimum Gasteiger partial charge on any atom is -0.312 e. The molecule has 0 heterocycles. The predicted molar refractivity (Wildman–Crippen MR) is 90.3 cm³/mol. The summed E-state index contributed by atoms with van der Waals surface area (Å²) in [6, 6.07) is 2.99. The van der Waals surface area contributed by atoms with Crippen molar-refractivity contribution in [1.29, 1.82) is 0 Å². The normalized spacial score (nSPS) is 21.9. The minimum absolute atomic E-state index is 0.625. The molecule has 2 saturated carbocycles. The van der Waals surface area contributed by atoms with Crippen molar-refractivity contribution in [2.75, 3.05) is 0 Å². The van der Waals surface area contributed by atoms with Gasteiger partial charge in [0.2, 0.25) is 0 Å². The molecule has 2 N–H and O–H groups in total. The van der Waals surface area contributed by atoms with Gasteiger partial charge in [0.05, 0.1) is 0 Å². The molecule has 2 fully saturated rings. The van der Waals surface area contributed by atoms with Gasteiger partial charge in [0.15, 0.2) is 0 Å². The molecular formula is C18H38N2. The van der Waals surface area contributed by atoms with Gasteiger partial charge in [-0.2, -0.15) is 0 Å². The van der Waals surface area contributed by atoms with Crippen molar-refractivity contribution in [2.45, 2.75) is 116 Å². The SMILES string of the molecule is C1CCC(NC2CCCCC2)CC1.CC(C)NC(C)C. The highest BCUT2D eigenvalue weighted by Crippen LogP contribution is 2.22. The Labute approximate surface area is 127 Å². The molecule has 0 aromatic carbocycles. The van der Waals surface area contributed by atoms with Crippen LogP contribution < -0.4 is 10.6 Å². The van der Waals surface area contributed by atoms with E-state index < -0.39 is 0 Å². The van der Waals surface area contributed by atoms with E-state index in [0.29, 0.717) is 12.1 Å². The van der Waals surface area contributed by atoms with Crippen molar-refractivity contribution in [3.63, 3.8) is 0 Å². The Kier molecular flexibility index (Phi) is 9.54. The van der Waals surface area contributed by atoms with Gasteiger partial charge in [-0.3, -0.25) is 0 Å². The monoisotopic (exact) mass is 282 g/mol. The van der Waals surface area contributed by atoms with Crippen LogP contribution in [-0.2, 0) is 0 Å². The summed E-state index contributed by atoms with van der Waals surface area (Å²) in [6.45, 7) is 8.61. The van der Waals surface area contributed by atoms with Crippen LogP contribution in [0.1, 0.15) is 91.9 Å². The van der Waals surface area contributed by atoms with Crippen molar-refractivity contribution in [2.24, 2.45) is 0 Å². The van der Waals surface area contributed by atoms with Crippen LogP contribution >= 0.6 is 0 Å². The zero-order valence-electron chi connectivity index (χ0n) is 14.4. The molecule has 0 unspecified atom stereocenters. The Morgan fingerprint density at radius 1 is 0.600 bits per heavy atom. The highest BCUT2D eigenvalue weighted by atomic mass is 14.9. The molecule has 2 heteroatoms. The molecule has 20 heavy (non-hydrogen) atoms. The molecule has 2 rings (SSSR count). The maximum Gasteiger partial charge on any atom is 0.00696 e. The van der Waals surface area contributed by atoms with E-state index in [1.165, 1.54) is 64.2 Å². The third-order valence-corrected chi connectivity index (χ3v) is 4.35. The standard InChI is InChI=1S/C12H23N.C6H15N/c1-3-7-11(8-4-1)13-12-9-5-2-6-10-12;1-5(2)7-6(3)4/h11-13H,1-10H2;5-7H,1-4H3. The van der Waals surface area contributed by atoms with Crippen LogP contribution in [0.25, 0.3) is 0 Å². The van der Waals surface area contributed by atoms with Crippen molar-refractivity contribution >= 4 is 0 Å². The second-order valence-electron chi connectivity index (χ2n) is 7.31. The molecule has 0 aromatic rings. The zero-order valence-corrected chi connectivity index (χ0v) is 14.4. The molecule has 0 radical (unpaired) electrons.